The molecule has 10 heteroatoms. The predicted molar refractivity (Wildman–Crippen MR) is 157 cm³/mol. The fourth-order valence-electron chi connectivity index (χ4n) is 4.28. The number of carboxylic acid groups (broad SMARTS) is 2. The van der Waals surface area contributed by atoms with Crippen LogP contribution in [0.2, 0.25) is 0 Å². The van der Waals surface area contributed by atoms with Crippen molar-refractivity contribution in [1.82, 2.24) is 5.32 Å². The van der Waals surface area contributed by atoms with E-state index < -0.39 is 47.5 Å². The molecule has 228 valence electrons. The van der Waals surface area contributed by atoms with Gasteiger partial charge in [0.15, 0.2) is 5.41 Å². The van der Waals surface area contributed by atoms with Gasteiger partial charge in [-0.3, -0.25) is 9.59 Å². The standard InChI is InChI=1S/C33H37NO9/c1-32(2,3)43-31(40)34-27(28(35)36)18-19-33(29(37)38,30(39)42-22-25-12-8-5-9-13-25)20-23-14-16-26(17-15-23)41-21-24-10-6-4-7-11-24/h4-17,27H,18-22H2,1-3H3,(H,34,40)(H,35,36)(H,37,38)/t27-,33?/m0/s1. The number of alkyl carbamates (subject to hydrolysis) is 1. The lowest BCUT2D eigenvalue weighted by molar-refractivity contribution is -0.171. The Morgan fingerprint density at radius 3 is 1.84 bits per heavy atom. The van der Waals surface area contributed by atoms with E-state index in [2.05, 4.69) is 5.32 Å². The molecule has 1 unspecified atom stereocenters. The number of carboxylic acids is 2. The lowest BCUT2D eigenvalue weighted by atomic mass is 9.76. The van der Waals surface area contributed by atoms with Crippen LogP contribution in [0.15, 0.2) is 84.9 Å². The molecule has 1 amide bonds. The Morgan fingerprint density at radius 1 is 0.767 bits per heavy atom. The van der Waals surface area contributed by atoms with E-state index >= 15 is 0 Å². The molecule has 0 aromatic heterocycles. The molecule has 0 spiro atoms. The zero-order chi connectivity index (χ0) is 31.5. The van der Waals surface area contributed by atoms with E-state index in [1.807, 2.05) is 30.3 Å². The quantitative estimate of drug-likeness (QED) is 0.166. The summed E-state index contributed by atoms with van der Waals surface area (Å²) in [5, 5.41) is 22.4. The SMILES string of the molecule is CC(C)(C)OC(=O)N[C@@H](CCC(Cc1ccc(OCc2ccccc2)cc1)(C(=O)O)C(=O)OCc1ccccc1)C(=O)O. The number of carbonyl (C=O) groups is 4. The molecule has 0 aliphatic rings. The third kappa shape index (κ3) is 10.2. The maximum absolute atomic E-state index is 13.5. The van der Waals surface area contributed by atoms with Gasteiger partial charge in [-0.15, -0.1) is 0 Å². The third-order valence-electron chi connectivity index (χ3n) is 6.54. The van der Waals surface area contributed by atoms with Gasteiger partial charge >= 0.3 is 24.0 Å². The number of rotatable bonds is 14. The molecule has 0 saturated carbocycles. The molecular weight excluding hydrogens is 554 g/mol. The predicted octanol–water partition coefficient (Wildman–Crippen LogP) is 5.38. The Bertz CT molecular complexity index is 1370. The summed E-state index contributed by atoms with van der Waals surface area (Å²) in [6, 6.07) is 23.5. The molecule has 0 bridgehead atoms. The maximum Gasteiger partial charge on any atom is 0.408 e. The minimum absolute atomic E-state index is 0.167. The van der Waals surface area contributed by atoms with Gasteiger partial charge < -0.3 is 29.7 Å². The van der Waals surface area contributed by atoms with Crippen molar-refractivity contribution >= 4 is 24.0 Å². The molecule has 0 radical (unpaired) electrons. The van der Waals surface area contributed by atoms with Crippen LogP contribution < -0.4 is 10.1 Å². The van der Waals surface area contributed by atoms with Crippen LogP contribution in [0.1, 0.15) is 50.3 Å². The zero-order valence-corrected chi connectivity index (χ0v) is 24.4. The number of aliphatic carboxylic acids is 2. The summed E-state index contributed by atoms with van der Waals surface area (Å²) in [7, 11) is 0. The average Bonchev–Trinajstić information content (AvgIpc) is 2.96. The number of hydrogen-bond acceptors (Lipinski definition) is 7. The fourth-order valence-corrected chi connectivity index (χ4v) is 4.28. The van der Waals surface area contributed by atoms with E-state index in [1.54, 1.807) is 75.4 Å². The van der Waals surface area contributed by atoms with Gasteiger partial charge in [-0.1, -0.05) is 72.8 Å². The van der Waals surface area contributed by atoms with Crippen molar-refractivity contribution in [1.29, 1.82) is 0 Å². The molecule has 3 aromatic rings. The monoisotopic (exact) mass is 591 g/mol. The smallest absolute Gasteiger partial charge is 0.408 e. The molecule has 3 N–H and O–H groups in total. The van der Waals surface area contributed by atoms with Gasteiger partial charge in [0.05, 0.1) is 0 Å². The first-order valence-corrected chi connectivity index (χ1v) is 13.8. The van der Waals surface area contributed by atoms with Crippen molar-refractivity contribution in [2.24, 2.45) is 5.41 Å². The first kappa shape index (κ1) is 32.7. The van der Waals surface area contributed by atoms with Crippen LogP contribution in [0.4, 0.5) is 4.79 Å². The Balaban J connectivity index is 1.82. The topological polar surface area (TPSA) is 148 Å². The number of hydrogen-bond donors (Lipinski definition) is 3. The first-order valence-electron chi connectivity index (χ1n) is 13.8. The van der Waals surface area contributed by atoms with Crippen LogP contribution in [-0.4, -0.2) is 45.9 Å². The highest BCUT2D eigenvalue weighted by Gasteiger charge is 2.48. The Morgan fingerprint density at radius 2 is 1.33 bits per heavy atom. The summed E-state index contributed by atoms with van der Waals surface area (Å²) in [6.45, 7) is 5.04. The minimum atomic E-state index is -2.15. The van der Waals surface area contributed by atoms with Crippen LogP contribution in [0.5, 0.6) is 5.75 Å². The molecular formula is C33H37NO9. The summed E-state index contributed by atoms with van der Waals surface area (Å²) in [4.78, 5) is 50.6. The van der Waals surface area contributed by atoms with E-state index in [1.165, 1.54) is 0 Å². The van der Waals surface area contributed by atoms with Crippen LogP contribution in [0.3, 0.4) is 0 Å². The summed E-state index contributed by atoms with van der Waals surface area (Å²) in [5.41, 5.74) is -0.894. The van der Waals surface area contributed by atoms with E-state index in [0.29, 0.717) is 23.5 Å². The zero-order valence-electron chi connectivity index (χ0n) is 24.4. The summed E-state index contributed by atoms with van der Waals surface area (Å²) >= 11 is 0. The van der Waals surface area contributed by atoms with Crippen molar-refractivity contribution in [3.05, 3.63) is 102 Å². The number of esters is 1. The third-order valence-corrected chi connectivity index (χ3v) is 6.54. The number of amides is 1. The van der Waals surface area contributed by atoms with Crippen molar-refractivity contribution in [2.45, 2.75) is 64.9 Å². The van der Waals surface area contributed by atoms with Gasteiger partial charge in [-0.05, 0) is 68.9 Å². The fraction of sp³-hybridized carbons (Fsp3) is 0.333. The highest BCUT2D eigenvalue weighted by molar-refractivity contribution is 5.99. The number of benzene rings is 3. The number of nitrogens with one attached hydrogen (secondary N) is 1. The second-order valence-corrected chi connectivity index (χ2v) is 11.1. The molecule has 0 aliphatic carbocycles. The Hall–Kier alpha value is -4.86. The van der Waals surface area contributed by atoms with Crippen LogP contribution >= 0.6 is 0 Å². The van der Waals surface area contributed by atoms with Crippen LogP contribution in [0.25, 0.3) is 0 Å². The van der Waals surface area contributed by atoms with Crippen molar-refractivity contribution < 1.29 is 43.6 Å². The Kier molecular flexibility index (Phi) is 11.3. The van der Waals surface area contributed by atoms with Gasteiger partial charge in [-0.2, -0.15) is 0 Å². The lowest BCUT2D eigenvalue weighted by Gasteiger charge is -2.29. The number of ether oxygens (including phenoxy) is 3. The van der Waals surface area contributed by atoms with Crippen molar-refractivity contribution in [2.75, 3.05) is 0 Å². The molecule has 0 saturated heterocycles. The van der Waals surface area contributed by atoms with E-state index in [4.69, 9.17) is 14.2 Å². The van der Waals surface area contributed by atoms with Crippen LogP contribution in [-0.2, 0) is 43.5 Å². The highest BCUT2D eigenvalue weighted by atomic mass is 16.6. The summed E-state index contributed by atoms with van der Waals surface area (Å²) in [5.74, 6) is -3.35. The van der Waals surface area contributed by atoms with Gasteiger partial charge in [0.1, 0.15) is 30.6 Å². The number of carbonyl (C=O) groups excluding carboxylic acids is 2. The second-order valence-electron chi connectivity index (χ2n) is 11.1. The maximum atomic E-state index is 13.5. The lowest BCUT2D eigenvalue weighted by Crippen LogP contribution is -2.47. The van der Waals surface area contributed by atoms with Gasteiger partial charge in [0.25, 0.3) is 0 Å². The molecule has 0 heterocycles. The van der Waals surface area contributed by atoms with E-state index in [0.717, 1.165) is 5.56 Å². The molecule has 10 nitrogen and oxygen atoms in total. The molecule has 2 atom stereocenters. The first-order chi connectivity index (χ1) is 20.4. The van der Waals surface area contributed by atoms with Crippen LogP contribution in [0, 0.1) is 5.41 Å². The minimum Gasteiger partial charge on any atom is -0.489 e. The molecule has 3 aromatic carbocycles. The van der Waals surface area contributed by atoms with Gasteiger partial charge in [-0.25, -0.2) is 9.59 Å². The molecule has 43 heavy (non-hydrogen) atoms. The van der Waals surface area contributed by atoms with Gasteiger partial charge in [0, 0.05) is 0 Å². The molecule has 0 fully saturated rings. The van der Waals surface area contributed by atoms with E-state index in [9.17, 15) is 29.4 Å². The second kappa shape index (κ2) is 14.9. The normalized spacial score (nSPS) is 13.2. The van der Waals surface area contributed by atoms with Crippen molar-refractivity contribution in [3.63, 3.8) is 0 Å². The molecule has 3 rings (SSSR count). The average molecular weight is 592 g/mol. The Labute approximate surface area is 250 Å². The summed E-state index contributed by atoms with van der Waals surface area (Å²) in [6.07, 6.45) is -2.07. The van der Waals surface area contributed by atoms with E-state index in [-0.39, 0.29) is 19.4 Å². The molecule has 0 aliphatic heterocycles. The highest BCUT2D eigenvalue weighted by Crippen LogP contribution is 2.33. The van der Waals surface area contributed by atoms with Gasteiger partial charge in [0.2, 0.25) is 0 Å². The summed E-state index contributed by atoms with van der Waals surface area (Å²) < 4.78 is 16.4. The van der Waals surface area contributed by atoms with Crippen molar-refractivity contribution in [3.8, 4) is 5.75 Å². The largest absolute Gasteiger partial charge is 0.489 e.